The molecule has 5 rings (SSSR count). The van der Waals surface area contributed by atoms with Gasteiger partial charge in [-0.25, -0.2) is 9.97 Å². The zero-order chi connectivity index (χ0) is 20.2. The highest BCUT2D eigenvalue weighted by atomic mass is 19.4. The van der Waals surface area contributed by atoms with E-state index in [1.807, 2.05) is 0 Å². The van der Waals surface area contributed by atoms with E-state index >= 15 is 0 Å². The van der Waals surface area contributed by atoms with Gasteiger partial charge in [0.1, 0.15) is 5.82 Å². The number of imidazole rings is 1. The number of fused-ring (bicyclic) bond motifs is 4. The number of rotatable bonds is 1. The molecule has 0 unspecified atom stereocenters. The molecule has 0 bridgehead atoms. The fraction of sp³-hybridized carbons (Fsp3) is 0.158. The van der Waals surface area contributed by atoms with Gasteiger partial charge in [-0.3, -0.25) is 9.36 Å². The highest BCUT2D eigenvalue weighted by Crippen LogP contribution is 2.35. The summed E-state index contributed by atoms with van der Waals surface area (Å²) in [7, 11) is 0. The number of aromatic nitrogens is 4. The maximum Gasteiger partial charge on any atom is 0.418 e. The molecule has 10 heteroatoms. The Morgan fingerprint density at radius 2 is 2.07 bits per heavy atom. The summed E-state index contributed by atoms with van der Waals surface area (Å²) in [4.78, 5) is 27.9. The number of nitrogens with zero attached hydrogens (tertiary/aromatic N) is 4. The quantitative estimate of drug-likeness (QED) is 0.516. The highest BCUT2D eigenvalue weighted by Gasteiger charge is 2.34. The zero-order valence-corrected chi connectivity index (χ0v) is 14.8. The number of para-hydroxylation sites is 1. The van der Waals surface area contributed by atoms with E-state index in [0.717, 1.165) is 6.07 Å². The Balaban J connectivity index is 1.72. The van der Waals surface area contributed by atoms with E-state index in [0.29, 0.717) is 35.3 Å². The second-order valence-electron chi connectivity index (χ2n) is 6.59. The average Bonchev–Trinajstić information content (AvgIpc) is 3.35. The lowest BCUT2D eigenvalue weighted by Gasteiger charge is -2.13. The van der Waals surface area contributed by atoms with Crippen LogP contribution in [-0.4, -0.2) is 32.0 Å². The summed E-state index contributed by atoms with van der Waals surface area (Å²) in [6, 6.07) is 8.72. The smallest absolute Gasteiger partial charge is 0.369 e. The van der Waals surface area contributed by atoms with E-state index in [2.05, 4.69) is 25.3 Å². The maximum absolute atomic E-state index is 13.5. The molecule has 1 aliphatic rings. The van der Waals surface area contributed by atoms with E-state index in [1.54, 1.807) is 28.8 Å². The molecule has 0 saturated heterocycles. The number of hydrogen-bond acceptors (Lipinski definition) is 4. The second-order valence-corrected chi connectivity index (χ2v) is 6.59. The van der Waals surface area contributed by atoms with Crippen LogP contribution in [0.4, 0.5) is 19.0 Å². The van der Waals surface area contributed by atoms with Gasteiger partial charge >= 0.3 is 6.18 Å². The molecule has 0 fully saturated rings. The Morgan fingerprint density at radius 1 is 1.21 bits per heavy atom. The molecule has 3 heterocycles. The number of nitrogens with one attached hydrogen (secondary N) is 2. The molecule has 29 heavy (non-hydrogen) atoms. The molecule has 0 aliphatic carbocycles. The average molecular weight is 398 g/mol. The van der Waals surface area contributed by atoms with Crippen molar-refractivity contribution in [3.05, 3.63) is 59.5 Å². The molecule has 0 radical (unpaired) electrons. The van der Waals surface area contributed by atoms with Gasteiger partial charge < -0.3 is 10.3 Å². The largest absolute Gasteiger partial charge is 0.418 e. The molecule has 0 spiro atoms. The normalized spacial score (nSPS) is 14.4. The molecular formula is C19H13F3N6O. The SMILES string of the molecule is O=C(N=c1nc2c(C(F)(F)F)cccc2c2n1CCN2)c1ccc2nc[nH]c2c1. The summed E-state index contributed by atoms with van der Waals surface area (Å²) in [6.07, 6.45) is -3.06. The highest BCUT2D eigenvalue weighted by molar-refractivity contribution is 5.98. The van der Waals surface area contributed by atoms with Crippen molar-refractivity contribution in [2.24, 2.45) is 4.99 Å². The standard InChI is InChI=1S/C19H13F3N6O/c20-19(21,22)12-3-1-2-11-15(12)26-18(28-7-6-23-16(11)28)27-17(29)10-4-5-13-14(8-10)25-9-24-13/h1-5,8-9,23H,6-7H2,(H,24,25). The van der Waals surface area contributed by atoms with Gasteiger partial charge in [-0.1, -0.05) is 6.07 Å². The van der Waals surface area contributed by atoms with Crippen molar-refractivity contribution < 1.29 is 18.0 Å². The predicted molar refractivity (Wildman–Crippen MR) is 99.2 cm³/mol. The Labute approximate surface area is 160 Å². The second kappa shape index (κ2) is 6.16. The van der Waals surface area contributed by atoms with Crippen molar-refractivity contribution >= 4 is 33.7 Å². The summed E-state index contributed by atoms with van der Waals surface area (Å²) >= 11 is 0. The van der Waals surface area contributed by atoms with Crippen LogP contribution in [0.15, 0.2) is 47.7 Å². The maximum atomic E-state index is 13.5. The summed E-state index contributed by atoms with van der Waals surface area (Å²) in [5.41, 5.74) is 0.471. The van der Waals surface area contributed by atoms with E-state index in [1.165, 1.54) is 12.4 Å². The molecular weight excluding hydrogens is 385 g/mol. The van der Waals surface area contributed by atoms with Gasteiger partial charge in [-0.05, 0) is 30.3 Å². The van der Waals surface area contributed by atoms with Crippen LogP contribution in [0.2, 0.25) is 0 Å². The van der Waals surface area contributed by atoms with Gasteiger partial charge in [0, 0.05) is 24.0 Å². The lowest BCUT2D eigenvalue weighted by molar-refractivity contribution is -0.136. The topological polar surface area (TPSA) is 88.0 Å². The summed E-state index contributed by atoms with van der Waals surface area (Å²) in [5, 5.41) is 3.40. The van der Waals surface area contributed by atoms with Gasteiger partial charge in [-0.2, -0.15) is 18.2 Å². The van der Waals surface area contributed by atoms with E-state index in [-0.39, 0.29) is 16.7 Å². The Morgan fingerprint density at radius 3 is 2.90 bits per heavy atom. The first-order valence-corrected chi connectivity index (χ1v) is 8.79. The Kier molecular flexibility index (Phi) is 3.70. The fourth-order valence-corrected chi connectivity index (χ4v) is 3.49. The Hall–Kier alpha value is -3.69. The summed E-state index contributed by atoms with van der Waals surface area (Å²) in [6.45, 7) is 0.952. The molecule has 0 atom stereocenters. The van der Waals surface area contributed by atoms with Crippen LogP contribution in [0.1, 0.15) is 15.9 Å². The van der Waals surface area contributed by atoms with Crippen molar-refractivity contribution in [1.29, 1.82) is 0 Å². The molecule has 0 saturated carbocycles. The number of anilines is 1. The molecule has 2 aromatic heterocycles. The monoisotopic (exact) mass is 398 g/mol. The lowest BCUT2D eigenvalue weighted by atomic mass is 10.1. The third-order valence-corrected chi connectivity index (χ3v) is 4.82. The number of amides is 1. The molecule has 1 aliphatic heterocycles. The minimum Gasteiger partial charge on any atom is -0.369 e. The van der Waals surface area contributed by atoms with Crippen LogP contribution in [0.25, 0.3) is 21.9 Å². The molecule has 146 valence electrons. The van der Waals surface area contributed by atoms with Crippen molar-refractivity contribution in [3.8, 4) is 0 Å². The number of carbonyl (C=O) groups excluding carboxylic acids is 1. The number of H-pyrrole nitrogens is 1. The number of aromatic amines is 1. The Bertz CT molecular complexity index is 1350. The number of alkyl halides is 3. The zero-order valence-electron chi connectivity index (χ0n) is 14.8. The summed E-state index contributed by atoms with van der Waals surface area (Å²) < 4.78 is 42.0. The number of halogens is 3. The van der Waals surface area contributed by atoms with E-state index in [4.69, 9.17) is 0 Å². The van der Waals surface area contributed by atoms with Crippen LogP contribution in [0.5, 0.6) is 0 Å². The van der Waals surface area contributed by atoms with E-state index in [9.17, 15) is 18.0 Å². The van der Waals surface area contributed by atoms with Crippen LogP contribution in [-0.2, 0) is 12.7 Å². The number of benzene rings is 2. The van der Waals surface area contributed by atoms with Crippen molar-refractivity contribution in [1.82, 2.24) is 19.5 Å². The fourth-order valence-electron chi connectivity index (χ4n) is 3.49. The van der Waals surface area contributed by atoms with Gasteiger partial charge in [0.05, 0.1) is 28.4 Å². The van der Waals surface area contributed by atoms with Gasteiger partial charge in [0.25, 0.3) is 5.91 Å². The first kappa shape index (κ1) is 17.4. The molecule has 2 aromatic carbocycles. The number of carbonyl (C=O) groups is 1. The molecule has 2 N–H and O–H groups in total. The summed E-state index contributed by atoms with van der Waals surface area (Å²) in [5.74, 6) is -0.129. The predicted octanol–water partition coefficient (Wildman–Crippen LogP) is 3.10. The van der Waals surface area contributed by atoms with Crippen molar-refractivity contribution in [2.45, 2.75) is 12.7 Å². The first-order valence-electron chi connectivity index (χ1n) is 8.79. The van der Waals surface area contributed by atoms with Crippen LogP contribution < -0.4 is 10.9 Å². The van der Waals surface area contributed by atoms with Crippen molar-refractivity contribution in [2.75, 3.05) is 11.9 Å². The molecule has 4 aromatic rings. The first-order chi connectivity index (χ1) is 13.9. The van der Waals surface area contributed by atoms with E-state index < -0.39 is 17.6 Å². The van der Waals surface area contributed by atoms with Crippen LogP contribution in [0, 0.1) is 0 Å². The number of hydrogen-bond donors (Lipinski definition) is 2. The third-order valence-electron chi connectivity index (χ3n) is 4.82. The minimum absolute atomic E-state index is 0.0658. The third kappa shape index (κ3) is 2.84. The molecule has 7 nitrogen and oxygen atoms in total. The van der Waals surface area contributed by atoms with Gasteiger partial charge in [0.2, 0.25) is 5.62 Å². The lowest BCUT2D eigenvalue weighted by Crippen LogP contribution is -2.25. The van der Waals surface area contributed by atoms with Gasteiger partial charge in [0.15, 0.2) is 0 Å². The van der Waals surface area contributed by atoms with Crippen LogP contribution in [0.3, 0.4) is 0 Å². The van der Waals surface area contributed by atoms with Crippen molar-refractivity contribution in [3.63, 3.8) is 0 Å². The minimum atomic E-state index is -4.57. The van der Waals surface area contributed by atoms with Gasteiger partial charge in [-0.15, -0.1) is 0 Å². The van der Waals surface area contributed by atoms with Crippen LogP contribution >= 0.6 is 0 Å². The molecule has 1 amide bonds.